The Hall–Kier alpha value is -2.16. The van der Waals surface area contributed by atoms with E-state index in [0.717, 1.165) is 17.5 Å². The average Bonchev–Trinajstić information content (AvgIpc) is 2.48. The lowest BCUT2D eigenvalue weighted by Gasteiger charge is -2.07. The van der Waals surface area contributed by atoms with Gasteiger partial charge in [0.2, 0.25) is 5.91 Å². The zero-order chi connectivity index (χ0) is 15.1. The molecule has 0 aliphatic carbocycles. The van der Waals surface area contributed by atoms with Crippen molar-refractivity contribution in [2.45, 2.75) is 33.2 Å². The van der Waals surface area contributed by atoms with Crippen molar-refractivity contribution in [3.63, 3.8) is 0 Å². The Kier molecular flexibility index (Phi) is 5.50. The third kappa shape index (κ3) is 5.38. The molecule has 3 heteroatoms. The summed E-state index contributed by atoms with van der Waals surface area (Å²) in [6, 6.07) is 12.1. The summed E-state index contributed by atoms with van der Waals surface area (Å²) in [4.78, 5) is 15.9. The number of aromatic nitrogens is 1. The topological polar surface area (TPSA) is 42.0 Å². The molecule has 0 saturated heterocycles. The van der Waals surface area contributed by atoms with Crippen molar-refractivity contribution >= 4 is 5.91 Å². The van der Waals surface area contributed by atoms with E-state index >= 15 is 0 Å². The van der Waals surface area contributed by atoms with Crippen LogP contribution in [0, 0.1) is 5.92 Å². The number of amides is 1. The third-order valence-corrected chi connectivity index (χ3v) is 3.24. The van der Waals surface area contributed by atoms with Crippen molar-refractivity contribution in [3.8, 4) is 0 Å². The van der Waals surface area contributed by atoms with E-state index in [1.54, 1.807) is 12.4 Å². The van der Waals surface area contributed by atoms with Crippen LogP contribution in [0.3, 0.4) is 0 Å². The van der Waals surface area contributed by atoms with Gasteiger partial charge in [0.15, 0.2) is 0 Å². The molecule has 0 bridgehead atoms. The normalized spacial score (nSPS) is 10.6. The van der Waals surface area contributed by atoms with Crippen LogP contribution in [0.2, 0.25) is 0 Å². The zero-order valence-electron chi connectivity index (χ0n) is 12.7. The van der Waals surface area contributed by atoms with Gasteiger partial charge < -0.3 is 5.32 Å². The van der Waals surface area contributed by atoms with Crippen LogP contribution < -0.4 is 5.32 Å². The summed E-state index contributed by atoms with van der Waals surface area (Å²) in [5, 5.41) is 2.92. The molecule has 0 spiro atoms. The van der Waals surface area contributed by atoms with E-state index in [2.05, 4.69) is 36.3 Å². The first-order valence-electron chi connectivity index (χ1n) is 7.37. The van der Waals surface area contributed by atoms with Crippen LogP contribution in [0.4, 0.5) is 0 Å². The minimum atomic E-state index is 0.0375. The first kappa shape index (κ1) is 15.2. The van der Waals surface area contributed by atoms with Crippen LogP contribution in [0.15, 0.2) is 48.8 Å². The van der Waals surface area contributed by atoms with E-state index in [1.165, 1.54) is 5.56 Å². The molecule has 1 N–H and O–H groups in total. The Balaban J connectivity index is 1.82. The number of nitrogens with one attached hydrogen (secondary N) is 1. The van der Waals surface area contributed by atoms with Gasteiger partial charge in [0.25, 0.3) is 0 Å². The van der Waals surface area contributed by atoms with E-state index in [0.29, 0.717) is 18.9 Å². The van der Waals surface area contributed by atoms with E-state index in [1.807, 2.05) is 24.3 Å². The first-order chi connectivity index (χ1) is 10.1. The Morgan fingerprint density at radius 1 is 1.10 bits per heavy atom. The lowest BCUT2D eigenvalue weighted by Crippen LogP contribution is -2.24. The van der Waals surface area contributed by atoms with E-state index in [9.17, 15) is 4.79 Å². The molecule has 21 heavy (non-hydrogen) atoms. The molecule has 0 radical (unpaired) electrons. The zero-order valence-corrected chi connectivity index (χ0v) is 12.7. The highest BCUT2D eigenvalue weighted by molar-refractivity contribution is 5.78. The van der Waals surface area contributed by atoms with Gasteiger partial charge in [0.1, 0.15) is 0 Å². The molecule has 1 aromatic heterocycles. The second-order valence-corrected chi connectivity index (χ2v) is 5.73. The van der Waals surface area contributed by atoms with Crippen LogP contribution in [-0.4, -0.2) is 10.9 Å². The number of hydrogen-bond donors (Lipinski definition) is 1. The molecule has 1 heterocycles. The first-order valence-corrected chi connectivity index (χ1v) is 7.37. The molecule has 0 atom stereocenters. The maximum absolute atomic E-state index is 11.9. The fourth-order valence-corrected chi connectivity index (χ4v) is 2.22. The van der Waals surface area contributed by atoms with Crippen LogP contribution in [0.5, 0.6) is 0 Å². The molecular weight excluding hydrogens is 260 g/mol. The summed E-state index contributed by atoms with van der Waals surface area (Å²) in [6.45, 7) is 4.94. The number of nitrogens with zero attached hydrogens (tertiary/aromatic N) is 1. The molecule has 0 unspecified atom stereocenters. The molecular formula is C18H22N2O. The summed E-state index contributed by atoms with van der Waals surface area (Å²) in [5.74, 6) is 0.689. The van der Waals surface area contributed by atoms with Crippen LogP contribution in [0.25, 0.3) is 0 Å². The summed E-state index contributed by atoms with van der Waals surface area (Å²) in [7, 11) is 0. The number of hydrogen-bond acceptors (Lipinski definition) is 2. The number of rotatable bonds is 6. The third-order valence-electron chi connectivity index (χ3n) is 3.24. The highest BCUT2D eigenvalue weighted by Gasteiger charge is 2.04. The minimum absolute atomic E-state index is 0.0375. The minimum Gasteiger partial charge on any atom is -0.352 e. The fraction of sp³-hybridized carbons (Fsp3) is 0.333. The van der Waals surface area contributed by atoms with Gasteiger partial charge >= 0.3 is 0 Å². The average molecular weight is 282 g/mol. The van der Waals surface area contributed by atoms with Gasteiger partial charge in [-0.2, -0.15) is 0 Å². The monoisotopic (exact) mass is 282 g/mol. The van der Waals surface area contributed by atoms with Gasteiger partial charge in [-0.3, -0.25) is 9.78 Å². The molecule has 2 aromatic rings. The summed E-state index contributed by atoms with van der Waals surface area (Å²) >= 11 is 0. The Morgan fingerprint density at radius 3 is 2.43 bits per heavy atom. The molecule has 0 aliphatic heterocycles. The van der Waals surface area contributed by atoms with E-state index in [-0.39, 0.29) is 5.91 Å². The fourth-order valence-electron chi connectivity index (χ4n) is 2.22. The van der Waals surface area contributed by atoms with Gasteiger partial charge in [-0.25, -0.2) is 0 Å². The number of benzene rings is 1. The highest BCUT2D eigenvalue weighted by atomic mass is 16.1. The van der Waals surface area contributed by atoms with Crippen LogP contribution in [0.1, 0.15) is 30.5 Å². The molecule has 1 amide bonds. The summed E-state index contributed by atoms with van der Waals surface area (Å²) in [5.41, 5.74) is 3.38. The summed E-state index contributed by atoms with van der Waals surface area (Å²) < 4.78 is 0. The molecule has 0 fully saturated rings. The number of carbonyl (C=O) groups excluding carboxylic acids is 1. The molecule has 0 aliphatic rings. The Morgan fingerprint density at radius 2 is 1.81 bits per heavy atom. The van der Waals surface area contributed by atoms with Crippen molar-refractivity contribution in [2.75, 3.05) is 0 Å². The SMILES string of the molecule is CC(C)Cc1ccc(CC(=O)NCc2cccnc2)cc1. The van der Waals surface area contributed by atoms with Crippen LogP contribution >= 0.6 is 0 Å². The highest BCUT2D eigenvalue weighted by Crippen LogP contribution is 2.10. The maximum Gasteiger partial charge on any atom is 0.224 e. The molecule has 3 nitrogen and oxygen atoms in total. The second kappa shape index (κ2) is 7.58. The number of carbonyl (C=O) groups is 1. The van der Waals surface area contributed by atoms with Crippen molar-refractivity contribution in [1.29, 1.82) is 0 Å². The largest absolute Gasteiger partial charge is 0.352 e. The quantitative estimate of drug-likeness (QED) is 0.884. The van der Waals surface area contributed by atoms with Gasteiger partial charge in [-0.15, -0.1) is 0 Å². The lowest BCUT2D eigenvalue weighted by molar-refractivity contribution is -0.120. The standard InChI is InChI=1S/C18H22N2O/c1-14(2)10-15-5-7-16(8-6-15)11-18(21)20-13-17-4-3-9-19-12-17/h3-9,12,14H,10-11,13H2,1-2H3,(H,20,21). The van der Waals surface area contributed by atoms with E-state index < -0.39 is 0 Å². The summed E-state index contributed by atoms with van der Waals surface area (Å²) in [6.07, 6.45) is 4.99. The molecule has 110 valence electrons. The van der Waals surface area contributed by atoms with Crippen LogP contribution in [-0.2, 0) is 24.2 Å². The Labute approximate surface area is 126 Å². The van der Waals surface area contributed by atoms with Crippen molar-refractivity contribution < 1.29 is 4.79 Å². The lowest BCUT2D eigenvalue weighted by atomic mass is 10.0. The van der Waals surface area contributed by atoms with E-state index in [4.69, 9.17) is 0 Å². The second-order valence-electron chi connectivity index (χ2n) is 5.73. The molecule has 1 aromatic carbocycles. The van der Waals surface area contributed by atoms with Gasteiger partial charge in [-0.1, -0.05) is 44.2 Å². The molecule has 0 saturated carbocycles. The predicted octanol–water partition coefficient (Wildman–Crippen LogP) is 3.14. The number of pyridine rings is 1. The van der Waals surface area contributed by atoms with Crippen molar-refractivity contribution in [3.05, 3.63) is 65.5 Å². The van der Waals surface area contributed by atoms with Crippen molar-refractivity contribution in [2.24, 2.45) is 5.92 Å². The van der Waals surface area contributed by atoms with Gasteiger partial charge in [0.05, 0.1) is 6.42 Å². The van der Waals surface area contributed by atoms with Gasteiger partial charge in [-0.05, 0) is 35.1 Å². The Bertz CT molecular complexity index is 562. The predicted molar refractivity (Wildman–Crippen MR) is 84.8 cm³/mol. The van der Waals surface area contributed by atoms with Gasteiger partial charge in [0, 0.05) is 18.9 Å². The van der Waals surface area contributed by atoms with Crippen molar-refractivity contribution in [1.82, 2.24) is 10.3 Å². The molecule has 2 rings (SSSR count). The maximum atomic E-state index is 11.9. The smallest absolute Gasteiger partial charge is 0.224 e.